The summed E-state index contributed by atoms with van der Waals surface area (Å²) in [4.78, 5) is 30.9. The minimum Gasteiger partial charge on any atom is -0.505 e. The van der Waals surface area contributed by atoms with E-state index < -0.39 is 5.97 Å². The first-order valence-electron chi connectivity index (χ1n) is 8.70. The number of anilines is 1. The maximum atomic E-state index is 13.3. The maximum Gasteiger partial charge on any atom is 0.337 e. The summed E-state index contributed by atoms with van der Waals surface area (Å²) in [5.74, 6) is -0.825. The molecule has 1 aromatic heterocycles. The van der Waals surface area contributed by atoms with Gasteiger partial charge in [0.1, 0.15) is 5.75 Å². The summed E-state index contributed by atoms with van der Waals surface area (Å²) in [5.41, 5.74) is 3.01. The lowest BCUT2D eigenvalue weighted by molar-refractivity contribution is 0.0600. The van der Waals surface area contributed by atoms with Gasteiger partial charge in [0.2, 0.25) is 0 Å². The van der Waals surface area contributed by atoms with Gasteiger partial charge in [0.15, 0.2) is 0 Å². The molecular weight excluding hydrogens is 344 g/mol. The zero-order valence-electron chi connectivity index (χ0n) is 14.8. The monoisotopic (exact) mass is 362 g/mol. The Morgan fingerprint density at radius 1 is 1.19 bits per heavy atom. The second-order valence-corrected chi connectivity index (χ2v) is 6.43. The summed E-state index contributed by atoms with van der Waals surface area (Å²) in [7, 11) is 1.34. The van der Waals surface area contributed by atoms with Crippen molar-refractivity contribution in [2.75, 3.05) is 18.6 Å². The molecule has 0 saturated heterocycles. The Labute approximate surface area is 156 Å². The number of aryl methyl sites for hydroxylation is 1. The highest BCUT2D eigenvalue weighted by Crippen LogP contribution is 2.33. The maximum absolute atomic E-state index is 13.3. The van der Waals surface area contributed by atoms with Crippen molar-refractivity contribution < 1.29 is 19.4 Å². The Bertz CT molecular complexity index is 1060. The highest BCUT2D eigenvalue weighted by molar-refractivity contribution is 6.15. The first kappa shape index (κ1) is 17.0. The number of aromatic nitrogens is 1. The first-order chi connectivity index (χ1) is 13.1. The number of fused-ring (bicyclic) bond motifs is 2. The summed E-state index contributed by atoms with van der Waals surface area (Å²) in [6, 6.07) is 12.4. The molecule has 6 nitrogen and oxygen atoms in total. The van der Waals surface area contributed by atoms with Gasteiger partial charge in [-0.3, -0.25) is 9.78 Å². The van der Waals surface area contributed by atoms with Gasteiger partial charge in [-0.05, 0) is 42.7 Å². The molecule has 0 bridgehead atoms. The van der Waals surface area contributed by atoms with Crippen molar-refractivity contribution in [2.24, 2.45) is 0 Å². The molecule has 0 saturated carbocycles. The van der Waals surface area contributed by atoms with Crippen LogP contribution in [0.2, 0.25) is 0 Å². The van der Waals surface area contributed by atoms with E-state index in [9.17, 15) is 14.7 Å². The number of hydrogen-bond donors (Lipinski definition) is 1. The van der Waals surface area contributed by atoms with E-state index in [-0.39, 0.29) is 17.2 Å². The van der Waals surface area contributed by atoms with Crippen molar-refractivity contribution in [1.82, 2.24) is 4.98 Å². The van der Waals surface area contributed by atoms with Crippen LogP contribution in [-0.4, -0.2) is 35.6 Å². The molecule has 6 heteroatoms. The van der Waals surface area contributed by atoms with Crippen LogP contribution in [0.5, 0.6) is 5.75 Å². The van der Waals surface area contributed by atoms with Crippen molar-refractivity contribution >= 4 is 28.5 Å². The number of nitrogens with zero attached hydrogens (tertiary/aromatic N) is 2. The lowest BCUT2D eigenvalue weighted by atomic mass is 9.97. The standard InChI is InChI=1S/C21H18N2O4/c1-27-21(26)14-8-9-17-13(11-14)5-4-10-23(17)20(25)19-15-6-2-3-7-16(15)22-12-18(19)24/h2-3,6-9,11-12,24H,4-5,10H2,1H3. The number of carbonyl (C=O) groups excluding carboxylic acids is 2. The fourth-order valence-corrected chi connectivity index (χ4v) is 3.54. The molecule has 136 valence electrons. The van der Waals surface area contributed by atoms with Crippen molar-refractivity contribution in [3.63, 3.8) is 0 Å². The SMILES string of the molecule is COC(=O)c1ccc2c(c1)CCCN2C(=O)c1c(O)cnc2ccccc12. The molecule has 1 amide bonds. The third kappa shape index (κ3) is 2.89. The van der Waals surface area contributed by atoms with Crippen LogP contribution in [0.1, 0.15) is 32.7 Å². The predicted molar refractivity (Wildman–Crippen MR) is 101 cm³/mol. The molecule has 1 aliphatic heterocycles. The molecule has 27 heavy (non-hydrogen) atoms. The minimum absolute atomic E-state index is 0.142. The van der Waals surface area contributed by atoms with Crippen molar-refractivity contribution in [3.8, 4) is 5.75 Å². The van der Waals surface area contributed by atoms with Gasteiger partial charge in [-0.1, -0.05) is 18.2 Å². The van der Waals surface area contributed by atoms with E-state index in [0.29, 0.717) is 23.0 Å². The summed E-state index contributed by atoms with van der Waals surface area (Å²) >= 11 is 0. The van der Waals surface area contributed by atoms with Gasteiger partial charge in [-0.15, -0.1) is 0 Å². The van der Waals surface area contributed by atoms with E-state index in [1.807, 2.05) is 12.1 Å². The number of rotatable bonds is 2. The number of hydrogen-bond acceptors (Lipinski definition) is 5. The minimum atomic E-state index is -0.404. The smallest absolute Gasteiger partial charge is 0.337 e. The molecule has 0 aliphatic carbocycles. The Balaban J connectivity index is 1.79. The zero-order valence-corrected chi connectivity index (χ0v) is 14.8. The van der Waals surface area contributed by atoms with Gasteiger partial charge in [-0.25, -0.2) is 4.79 Å². The molecule has 3 aromatic rings. The van der Waals surface area contributed by atoms with Crippen LogP contribution in [0.15, 0.2) is 48.7 Å². The fourth-order valence-electron chi connectivity index (χ4n) is 3.54. The molecule has 0 atom stereocenters. The number of benzene rings is 2. The average molecular weight is 362 g/mol. The van der Waals surface area contributed by atoms with Gasteiger partial charge in [0.25, 0.3) is 5.91 Å². The lowest BCUT2D eigenvalue weighted by Crippen LogP contribution is -2.35. The second kappa shape index (κ2) is 6.72. The molecule has 0 unspecified atom stereocenters. The highest BCUT2D eigenvalue weighted by Gasteiger charge is 2.27. The summed E-state index contributed by atoms with van der Waals surface area (Å²) in [5, 5.41) is 10.9. The Hall–Kier alpha value is -3.41. The quantitative estimate of drug-likeness (QED) is 0.708. The molecule has 2 aromatic carbocycles. The zero-order chi connectivity index (χ0) is 19.0. The van der Waals surface area contributed by atoms with Crippen LogP contribution in [-0.2, 0) is 11.2 Å². The number of methoxy groups -OCH3 is 1. The van der Waals surface area contributed by atoms with E-state index in [1.165, 1.54) is 13.3 Å². The number of para-hydroxylation sites is 1. The van der Waals surface area contributed by atoms with Crippen molar-refractivity contribution in [2.45, 2.75) is 12.8 Å². The molecule has 1 N–H and O–H groups in total. The van der Waals surface area contributed by atoms with Gasteiger partial charge >= 0.3 is 5.97 Å². The van der Waals surface area contributed by atoms with E-state index in [1.54, 1.807) is 35.2 Å². The topological polar surface area (TPSA) is 79.7 Å². The van der Waals surface area contributed by atoms with Crippen LogP contribution in [0.3, 0.4) is 0 Å². The van der Waals surface area contributed by atoms with Crippen LogP contribution in [0.4, 0.5) is 5.69 Å². The van der Waals surface area contributed by atoms with Crippen molar-refractivity contribution in [1.29, 1.82) is 0 Å². The third-order valence-corrected chi connectivity index (χ3v) is 4.83. The predicted octanol–water partition coefficient (Wildman–Crippen LogP) is 3.32. The Morgan fingerprint density at radius 2 is 2.00 bits per heavy atom. The molecule has 0 fully saturated rings. The third-order valence-electron chi connectivity index (χ3n) is 4.83. The Kier molecular flexibility index (Phi) is 4.24. The average Bonchev–Trinajstić information content (AvgIpc) is 2.71. The number of carbonyl (C=O) groups is 2. The normalized spacial score (nSPS) is 13.3. The second-order valence-electron chi connectivity index (χ2n) is 6.43. The van der Waals surface area contributed by atoms with Gasteiger partial charge in [-0.2, -0.15) is 0 Å². The molecule has 4 rings (SSSR count). The molecule has 0 radical (unpaired) electrons. The largest absolute Gasteiger partial charge is 0.505 e. The number of aromatic hydroxyl groups is 1. The molecule has 0 spiro atoms. The van der Waals surface area contributed by atoms with E-state index in [0.717, 1.165) is 24.1 Å². The van der Waals surface area contributed by atoms with Crippen molar-refractivity contribution in [3.05, 3.63) is 65.4 Å². The molecule has 1 aliphatic rings. The van der Waals surface area contributed by atoms with E-state index in [4.69, 9.17) is 4.74 Å². The van der Waals surface area contributed by atoms with Gasteiger partial charge in [0, 0.05) is 17.6 Å². The van der Waals surface area contributed by atoms with Gasteiger partial charge < -0.3 is 14.7 Å². The summed E-state index contributed by atoms with van der Waals surface area (Å²) in [6.45, 7) is 0.541. The van der Waals surface area contributed by atoms with Gasteiger partial charge in [0.05, 0.1) is 30.0 Å². The van der Waals surface area contributed by atoms with E-state index >= 15 is 0 Å². The Morgan fingerprint density at radius 3 is 2.81 bits per heavy atom. The first-order valence-corrected chi connectivity index (χ1v) is 8.70. The summed E-state index contributed by atoms with van der Waals surface area (Å²) < 4.78 is 4.78. The van der Waals surface area contributed by atoms with E-state index in [2.05, 4.69) is 4.98 Å². The van der Waals surface area contributed by atoms with Crippen LogP contribution in [0.25, 0.3) is 10.9 Å². The number of amides is 1. The molecule has 2 heterocycles. The van der Waals surface area contributed by atoms with Crippen LogP contribution < -0.4 is 4.90 Å². The number of ether oxygens (including phenoxy) is 1. The number of pyridine rings is 1. The van der Waals surface area contributed by atoms with Crippen LogP contribution in [0, 0.1) is 0 Å². The number of esters is 1. The highest BCUT2D eigenvalue weighted by atomic mass is 16.5. The molecular formula is C21H18N2O4. The lowest BCUT2D eigenvalue weighted by Gasteiger charge is -2.30. The van der Waals surface area contributed by atoms with Crippen LogP contribution >= 0.6 is 0 Å². The summed E-state index contributed by atoms with van der Waals surface area (Å²) in [6.07, 6.45) is 2.85. The fraction of sp³-hybridized carbons (Fsp3) is 0.190.